The molecule has 1 aromatic rings. The van der Waals surface area contributed by atoms with Gasteiger partial charge in [-0.05, 0) is 37.6 Å². The lowest BCUT2D eigenvalue weighted by Crippen LogP contribution is -2.25. The van der Waals surface area contributed by atoms with Crippen molar-refractivity contribution < 1.29 is 4.74 Å². The zero-order valence-corrected chi connectivity index (χ0v) is 14.2. The zero-order chi connectivity index (χ0) is 14.5. The number of halogens is 1. The van der Waals surface area contributed by atoms with E-state index in [0.29, 0.717) is 12.0 Å². The molecular formula is C16H25BrN2O. The minimum absolute atomic E-state index is 0.379. The molecule has 1 aliphatic rings. The summed E-state index contributed by atoms with van der Waals surface area (Å²) in [5, 5.41) is 3.51. The van der Waals surface area contributed by atoms with Gasteiger partial charge in [-0.1, -0.05) is 28.9 Å². The first-order valence-corrected chi connectivity index (χ1v) is 8.21. The Labute approximate surface area is 130 Å². The van der Waals surface area contributed by atoms with Crippen LogP contribution in [0.15, 0.2) is 22.7 Å². The van der Waals surface area contributed by atoms with Gasteiger partial charge in [0.2, 0.25) is 0 Å². The number of nitrogens with one attached hydrogen (secondary N) is 1. The average Bonchev–Trinajstić information content (AvgIpc) is 2.88. The van der Waals surface area contributed by atoms with Crippen LogP contribution in [0.4, 0.5) is 5.69 Å². The standard InChI is InChI=1S/C16H25BrN2O/c1-4-18-12(2)15-6-5-14(17)9-16(15)19-8-7-13(10-19)11-20-3/h5-6,9,12-13,18H,4,7-8,10-11H2,1-3H3. The molecule has 4 heteroatoms. The van der Waals surface area contributed by atoms with E-state index in [0.717, 1.165) is 30.7 Å². The fraction of sp³-hybridized carbons (Fsp3) is 0.625. The average molecular weight is 341 g/mol. The molecule has 2 atom stereocenters. The predicted octanol–water partition coefficient (Wildman–Crippen LogP) is 3.59. The third-order valence-electron chi connectivity index (χ3n) is 4.00. The summed E-state index contributed by atoms with van der Waals surface area (Å²) in [5.41, 5.74) is 2.74. The van der Waals surface area contributed by atoms with Gasteiger partial charge >= 0.3 is 0 Å². The van der Waals surface area contributed by atoms with E-state index in [2.05, 4.69) is 58.2 Å². The van der Waals surface area contributed by atoms with Crippen LogP contribution < -0.4 is 10.2 Å². The maximum atomic E-state index is 5.30. The molecule has 2 unspecified atom stereocenters. The van der Waals surface area contributed by atoms with Crippen molar-refractivity contribution in [3.05, 3.63) is 28.2 Å². The number of nitrogens with zero attached hydrogens (tertiary/aromatic N) is 1. The van der Waals surface area contributed by atoms with Crippen LogP contribution in [0.2, 0.25) is 0 Å². The summed E-state index contributed by atoms with van der Waals surface area (Å²) in [6, 6.07) is 6.99. The Morgan fingerprint density at radius 3 is 3.00 bits per heavy atom. The van der Waals surface area contributed by atoms with Gasteiger partial charge in [0.1, 0.15) is 0 Å². The summed E-state index contributed by atoms with van der Waals surface area (Å²) in [6.07, 6.45) is 1.22. The lowest BCUT2D eigenvalue weighted by atomic mass is 10.1. The van der Waals surface area contributed by atoms with Crippen LogP contribution in [0.25, 0.3) is 0 Å². The second kappa shape index (κ2) is 7.43. The highest BCUT2D eigenvalue weighted by Gasteiger charge is 2.25. The highest BCUT2D eigenvalue weighted by atomic mass is 79.9. The molecule has 3 nitrogen and oxygen atoms in total. The van der Waals surface area contributed by atoms with Gasteiger partial charge in [0.15, 0.2) is 0 Å². The molecule has 0 spiro atoms. The Morgan fingerprint density at radius 2 is 2.30 bits per heavy atom. The minimum Gasteiger partial charge on any atom is -0.384 e. The van der Waals surface area contributed by atoms with Crippen LogP contribution in [-0.2, 0) is 4.74 Å². The van der Waals surface area contributed by atoms with E-state index in [9.17, 15) is 0 Å². The molecule has 1 saturated heterocycles. The van der Waals surface area contributed by atoms with Crippen molar-refractivity contribution in [1.82, 2.24) is 5.32 Å². The topological polar surface area (TPSA) is 24.5 Å². The lowest BCUT2D eigenvalue weighted by molar-refractivity contribution is 0.161. The zero-order valence-electron chi connectivity index (χ0n) is 12.7. The SMILES string of the molecule is CCNC(C)c1ccc(Br)cc1N1CCC(COC)C1. The summed E-state index contributed by atoms with van der Waals surface area (Å²) < 4.78 is 6.45. The first-order valence-electron chi connectivity index (χ1n) is 7.42. The molecule has 1 aliphatic heterocycles. The predicted molar refractivity (Wildman–Crippen MR) is 88.4 cm³/mol. The van der Waals surface area contributed by atoms with E-state index in [4.69, 9.17) is 4.74 Å². The van der Waals surface area contributed by atoms with Crippen molar-refractivity contribution in [2.75, 3.05) is 38.3 Å². The number of rotatable bonds is 6. The Morgan fingerprint density at radius 1 is 1.50 bits per heavy atom. The molecule has 1 N–H and O–H groups in total. The fourth-order valence-corrected chi connectivity index (χ4v) is 3.35. The molecule has 0 aliphatic carbocycles. The maximum absolute atomic E-state index is 5.30. The lowest BCUT2D eigenvalue weighted by Gasteiger charge is -2.25. The van der Waals surface area contributed by atoms with Crippen LogP contribution in [-0.4, -0.2) is 33.4 Å². The van der Waals surface area contributed by atoms with E-state index >= 15 is 0 Å². The first kappa shape index (κ1) is 15.8. The van der Waals surface area contributed by atoms with Gasteiger partial charge in [-0.2, -0.15) is 0 Å². The quantitative estimate of drug-likeness (QED) is 0.856. The van der Waals surface area contributed by atoms with Gasteiger partial charge in [0.05, 0.1) is 6.61 Å². The molecule has 1 fully saturated rings. The van der Waals surface area contributed by atoms with Crippen LogP contribution in [0.1, 0.15) is 31.9 Å². The monoisotopic (exact) mass is 340 g/mol. The van der Waals surface area contributed by atoms with Gasteiger partial charge in [0.25, 0.3) is 0 Å². The molecule has 2 rings (SSSR count). The molecule has 112 valence electrons. The molecule has 20 heavy (non-hydrogen) atoms. The largest absolute Gasteiger partial charge is 0.384 e. The fourth-order valence-electron chi connectivity index (χ4n) is 3.00. The smallest absolute Gasteiger partial charge is 0.0508 e. The molecule has 0 aromatic heterocycles. The van der Waals surface area contributed by atoms with E-state index < -0.39 is 0 Å². The molecule has 0 amide bonds. The number of benzene rings is 1. The van der Waals surface area contributed by atoms with E-state index in [1.54, 1.807) is 7.11 Å². The van der Waals surface area contributed by atoms with Crippen LogP contribution >= 0.6 is 15.9 Å². The Bertz CT molecular complexity index is 438. The Kier molecular flexibility index (Phi) is 5.87. The second-order valence-electron chi connectivity index (χ2n) is 5.54. The Hall–Kier alpha value is -0.580. The van der Waals surface area contributed by atoms with Gasteiger partial charge in [-0.15, -0.1) is 0 Å². The first-order chi connectivity index (χ1) is 9.65. The summed E-state index contributed by atoms with van der Waals surface area (Å²) in [7, 11) is 1.79. The summed E-state index contributed by atoms with van der Waals surface area (Å²) in [5.74, 6) is 0.654. The van der Waals surface area contributed by atoms with Crippen molar-refractivity contribution >= 4 is 21.6 Å². The molecular weight excluding hydrogens is 316 g/mol. The van der Waals surface area contributed by atoms with Crippen LogP contribution in [0, 0.1) is 5.92 Å². The number of hydrogen-bond donors (Lipinski definition) is 1. The third-order valence-corrected chi connectivity index (χ3v) is 4.49. The summed E-state index contributed by atoms with van der Waals surface area (Å²) in [6.45, 7) is 8.45. The molecule has 0 radical (unpaired) electrons. The van der Waals surface area contributed by atoms with E-state index in [1.165, 1.54) is 17.7 Å². The van der Waals surface area contributed by atoms with Gasteiger partial charge < -0.3 is 15.0 Å². The number of anilines is 1. The third kappa shape index (κ3) is 3.74. The number of hydrogen-bond acceptors (Lipinski definition) is 3. The van der Waals surface area contributed by atoms with Crippen molar-refractivity contribution in [3.8, 4) is 0 Å². The summed E-state index contributed by atoms with van der Waals surface area (Å²) in [4.78, 5) is 2.50. The van der Waals surface area contributed by atoms with E-state index in [1.807, 2.05) is 0 Å². The van der Waals surface area contributed by atoms with E-state index in [-0.39, 0.29) is 0 Å². The van der Waals surface area contributed by atoms with Crippen molar-refractivity contribution in [2.45, 2.75) is 26.3 Å². The molecule has 1 heterocycles. The molecule has 0 saturated carbocycles. The minimum atomic E-state index is 0.379. The Balaban J connectivity index is 2.19. The highest BCUT2D eigenvalue weighted by molar-refractivity contribution is 9.10. The number of ether oxygens (including phenoxy) is 1. The van der Waals surface area contributed by atoms with Crippen molar-refractivity contribution in [2.24, 2.45) is 5.92 Å². The van der Waals surface area contributed by atoms with Crippen molar-refractivity contribution in [3.63, 3.8) is 0 Å². The van der Waals surface area contributed by atoms with Gasteiger partial charge in [-0.25, -0.2) is 0 Å². The summed E-state index contributed by atoms with van der Waals surface area (Å²) >= 11 is 3.61. The van der Waals surface area contributed by atoms with Crippen LogP contribution in [0.3, 0.4) is 0 Å². The molecule has 1 aromatic carbocycles. The number of methoxy groups -OCH3 is 1. The van der Waals surface area contributed by atoms with Gasteiger partial charge in [-0.3, -0.25) is 0 Å². The van der Waals surface area contributed by atoms with Crippen molar-refractivity contribution in [1.29, 1.82) is 0 Å². The normalized spacial score (nSPS) is 20.4. The van der Waals surface area contributed by atoms with Crippen LogP contribution in [0.5, 0.6) is 0 Å². The highest BCUT2D eigenvalue weighted by Crippen LogP contribution is 2.33. The molecule has 0 bridgehead atoms. The van der Waals surface area contributed by atoms with Gasteiger partial charge in [0, 0.05) is 42.3 Å². The maximum Gasteiger partial charge on any atom is 0.0508 e. The second-order valence-corrected chi connectivity index (χ2v) is 6.45.